The van der Waals surface area contributed by atoms with E-state index in [2.05, 4.69) is 20.3 Å². The molecule has 4 saturated carbocycles. The molecule has 258 valence electrons. The SMILES string of the molecule is O=S1(=O)CC2(CC(Nc3nccc(-c4sc(C56CC(C(F)(F)F)(C5)C6)nc4-c4cccc(NS(=O)(=O)c5c(F)cccc5F)c4F)n3)C2)C1. The molecule has 0 atom stereocenters. The number of alkyl halides is 3. The zero-order valence-electron chi connectivity index (χ0n) is 25.1. The Bertz CT molecular complexity index is 2220. The third kappa shape index (κ3) is 5.11. The van der Waals surface area contributed by atoms with Gasteiger partial charge in [-0.2, -0.15) is 13.2 Å². The van der Waals surface area contributed by atoms with Crippen LogP contribution in [0.5, 0.6) is 0 Å². The van der Waals surface area contributed by atoms with Crippen LogP contribution in [0.4, 0.5) is 38.0 Å². The third-order valence-electron chi connectivity index (χ3n) is 10.0. The van der Waals surface area contributed by atoms with Gasteiger partial charge in [-0.15, -0.1) is 11.3 Å². The Hall–Kier alpha value is -3.77. The zero-order valence-corrected chi connectivity index (χ0v) is 27.6. The normalized spacial score (nSPS) is 25.1. The van der Waals surface area contributed by atoms with Crippen LogP contribution in [0, 0.1) is 28.3 Å². The van der Waals surface area contributed by atoms with Crippen molar-refractivity contribution in [2.75, 3.05) is 21.5 Å². The fraction of sp³-hybridized carbons (Fsp3) is 0.387. The molecule has 9 rings (SSSR count). The number of nitrogens with one attached hydrogen (secondary N) is 2. The molecule has 5 fully saturated rings. The second-order valence-corrected chi connectivity index (χ2v) is 18.3. The minimum absolute atomic E-state index is 0.00618. The van der Waals surface area contributed by atoms with Crippen molar-refractivity contribution in [3.63, 3.8) is 0 Å². The molecule has 1 saturated heterocycles. The maximum Gasteiger partial charge on any atom is 0.394 e. The summed E-state index contributed by atoms with van der Waals surface area (Å²) in [5.41, 5.74) is -3.47. The lowest BCUT2D eigenvalue weighted by atomic mass is 9.35. The highest BCUT2D eigenvalue weighted by atomic mass is 32.2. The van der Waals surface area contributed by atoms with Crippen LogP contribution in [-0.2, 0) is 25.3 Å². The van der Waals surface area contributed by atoms with Gasteiger partial charge in [0.05, 0.1) is 38.9 Å². The van der Waals surface area contributed by atoms with Gasteiger partial charge in [-0.3, -0.25) is 4.72 Å². The molecule has 1 spiro atoms. The molecule has 5 aliphatic rings. The number of thiazole rings is 1. The Morgan fingerprint density at radius 2 is 1.57 bits per heavy atom. The summed E-state index contributed by atoms with van der Waals surface area (Å²) < 4.78 is 137. The third-order valence-corrected chi connectivity index (χ3v) is 14.9. The molecule has 2 bridgehead atoms. The molecule has 3 heterocycles. The summed E-state index contributed by atoms with van der Waals surface area (Å²) >= 11 is 1.06. The van der Waals surface area contributed by atoms with E-state index in [9.17, 15) is 38.8 Å². The number of hydrogen-bond acceptors (Lipinski definition) is 9. The summed E-state index contributed by atoms with van der Waals surface area (Å²) in [6, 6.07) is 7.57. The van der Waals surface area contributed by atoms with E-state index < -0.39 is 64.9 Å². The number of nitrogens with zero attached hydrogens (tertiary/aromatic N) is 3. The first-order chi connectivity index (χ1) is 22.9. The number of anilines is 2. The maximum atomic E-state index is 16.2. The lowest BCUT2D eigenvalue weighted by Gasteiger charge is -2.69. The lowest BCUT2D eigenvalue weighted by molar-refractivity contribution is -0.337. The van der Waals surface area contributed by atoms with Crippen LogP contribution in [0.2, 0.25) is 0 Å². The van der Waals surface area contributed by atoms with Crippen molar-refractivity contribution in [2.45, 2.75) is 54.6 Å². The number of halogens is 6. The van der Waals surface area contributed by atoms with Crippen LogP contribution < -0.4 is 10.0 Å². The highest BCUT2D eigenvalue weighted by Gasteiger charge is 2.79. The van der Waals surface area contributed by atoms with Crippen LogP contribution in [0.1, 0.15) is 37.1 Å². The molecule has 0 radical (unpaired) electrons. The Morgan fingerprint density at radius 1 is 0.918 bits per heavy atom. The molecule has 4 aliphatic carbocycles. The summed E-state index contributed by atoms with van der Waals surface area (Å²) in [5, 5.41) is 3.54. The minimum atomic E-state index is -4.94. The largest absolute Gasteiger partial charge is 0.394 e. The van der Waals surface area contributed by atoms with Crippen LogP contribution in [0.3, 0.4) is 0 Å². The van der Waals surface area contributed by atoms with E-state index in [-0.39, 0.29) is 65.1 Å². The van der Waals surface area contributed by atoms with Crippen molar-refractivity contribution in [3.8, 4) is 21.8 Å². The van der Waals surface area contributed by atoms with Gasteiger partial charge in [-0.1, -0.05) is 12.1 Å². The average molecular weight is 742 g/mol. The predicted molar refractivity (Wildman–Crippen MR) is 167 cm³/mol. The van der Waals surface area contributed by atoms with E-state index in [0.717, 1.165) is 35.6 Å². The summed E-state index contributed by atoms with van der Waals surface area (Å²) in [6.07, 6.45) is -2.19. The lowest BCUT2D eigenvalue weighted by Crippen LogP contribution is -2.70. The molecular weight excluding hydrogens is 717 g/mol. The second kappa shape index (κ2) is 10.4. The van der Waals surface area contributed by atoms with E-state index in [1.54, 1.807) is 0 Å². The molecule has 2 aromatic heterocycles. The molecule has 0 amide bonds. The Labute approximate surface area is 280 Å². The smallest absolute Gasteiger partial charge is 0.351 e. The number of rotatable bonds is 8. The summed E-state index contributed by atoms with van der Waals surface area (Å²) in [6.45, 7) is 0. The van der Waals surface area contributed by atoms with Gasteiger partial charge in [0.1, 0.15) is 16.6 Å². The minimum Gasteiger partial charge on any atom is -0.351 e. The van der Waals surface area contributed by atoms with E-state index >= 15 is 4.39 Å². The number of hydrogen-bond donors (Lipinski definition) is 2. The first-order valence-electron chi connectivity index (χ1n) is 15.1. The van der Waals surface area contributed by atoms with E-state index in [4.69, 9.17) is 0 Å². The molecule has 9 nitrogen and oxygen atoms in total. The van der Waals surface area contributed by atoms with Crippen molar-refractivity contribution in [2.24, 2.45) is 10.8 Å². The van der Waals surface area contributed by atoms with Gasteiger partial charge < -0.3 is 5.32 Å². The van der Waals surface area contributed by atoms with Gasteiger partial charge in [-0.25, -0.2) is 45.0 Å². The number of benzene rings is 2. The standard InChI is InChI=1S/C31H25F6N5O4S3/c32-18-4-2-5-19(33)25(18)49(45,46)42-20-6-1-3-17(22(20)34)23-24(47-26(41-23)29-11-30(12-29,13-29)31(35,36)37)21-7-8-38-27(40-21)39-16-9-28(10-16)14-48(43,44)15-28/h1-8,16,42H,9-15H2,(H,38,39,40). The van der Waals surface area contributed by atoms with Gasteiger partial charge >= 0.3 is 6.18 Å². The van der Waals surface area contributed by atoms with Crippen LogP contribution >= 0.6 is 11.3 Å². The van der Waals surface area contributed by atoms with Gasteiger partial charge in [0.15, 0.2) is 20.5 Å². The van der Waals surface area contributed by atoms with Crippen LogP contribution in [0.25, 0.3) is 21.8 Å². The molecule has 2 N–H and O–H groups in total. The molecule has 1 aliphatic heterocycles. The molecule has 0 unspecified atom stereocenters. The van der Waals surface area contributed by atoms with Gasteiger partial charge in [0.2, 0.25) is 5.95 Å². The molecule has 49 heavy (non-hydrogen) atoms. The molecule has 18 heteroatoms. The fourth-order valence-corrected chi connectivity index (χ4v) is 12.6. The summed E-state index contributed by atoms with van der Waals surface area (Å²) in [5.74, 6) is -3.41. The van der Waals surface area contributed by atoms with E-state index in [1.807, 2.05) is 4.72 Å². The van der Waals surface area contributed by atoms with E-state index in [0.29, 0.717) is 22.7 Å². The van der Waals surface area contributed by atoms with Gasteiger partial charge in [-0.05, 0) is 62.4 Å². The fourth-order valence-electron chi connectivity index (χ4n) is 7.90. The van der Waals surface area contributed by atoms with E-state index in [1.165, 1.54) is 24.4 Å². The van der Waals surface area contributed by atoms with Crippen molar-refractivity contribution in [1.29, 1.82) is 0 Å². The number of sulfone groups is 1. The zero-order chi connectivity index (χ0) is 34.8. The Balaban J connectivity index is 1.14. The predicted octanol–water partition coefficient (Wildman–Crippen LogP) is 6.46. The first-order valence-corrected chi connectivity index (χ1v) is 19.2. The molecular formula is C31H25F6N5O4S3. The second-order valence-electron chi connectivity index (χ2n) is 13.7. The van der Waals surface area contributed by atoms with Crippen molar-refractivity contribution in [1.82, 2.24) is 15.0 Å². The maximum absolute atomic E-state index is 16.2. The highest BCUT2D eigenvalue weighted by molar-refractivity contribution is 7.93. The molecule has 2 aromatic carbocycles. The first kappa shape index (κ1) is 32.4. The highest BCUT2D eigenvalue weighted by Crippen LogP contribution is 2.79. The monoisotopic (exact) mass is 741 g/mol. The van der Waals surface area contributed by atoms with Crippen LogP contribution in [-0.4, -0.2) is 55.5 Å². The quantitative estimate of drug-likeness (QED) is 0.197. The average Bonchev–Trinajstić information content (AvgIpc) is 3.34. The van der Waals surface area contributed by atoms with Gasteiger partial charge in [0, 0.05) is 28.6 Å². The Kier molecular flexibility index (Phi) is 6.87. The summed E-state index contributed by atoms with van der Waals surface area (Å²) in [4.78, 5) is 12.5. The van der Waals surface area contributed by atoms with Gasteiger partial charge in [0.25, 0.3) is 10.0 Å². The molecule has 4 aromatic rings. The Morgan fingerprint density at radius 3 is 2.20 bits per heavy atom. The van der Waals surface area contributed by atoms with Crippen molar-refractivity contribution >= 4 is 42.8 Å². The van der Waals surface area contributed by atoms with Crippen molar-refractivity contribution < 1.29 is 43.2 Å². The number of aromatic nitrogens is 3. The van der Waals surface area contributed by atoms with Crippen molar-refractivity contribution in [3.05, 3.63) is 71.1 Å². The topological polar surface area (TPSA) is 131 Å². The van der Waals surface area contributed by atoms with Crippen LogP contribution in [0.15, 0.2) is 53.6 Å². The number of sulfonamides is 1. The summed E-state index contributed by atoms with van der Waals surface area (Å²) in [7, 11) is -7.94.